The number of aliphatic hydroxyl groups is 1. The lowest BCUT2D eigenvalue weighted by Crippen LogP contribution is -2.29. The van der Waals surface area contributed by atoms with Gasteiger partial charge in [0.15, 0.2) is 5.82 Å². The molecule has 2 aromatic rings. The van der Waals surface area contributed by atoms with E-state index in [-0.39, 0.29) is 24.4 Å². The lowest BCUT2D eigenvalue weighted by molar-refractivity contribution is -0.138. The van der Waals surface area contributed by atoms with Crippen molar-refractivity contribution in [3.63, 3.8) is 0 Å². The Balaban J connectivity index is 1.62. The summed E-state index contributed by atoms with van der Waals surface area (Å²) < 4.78 is 26.0. The van der Waals surface area contributed by atoms with Gasteiger partial charge >= 0.3 is 5.97 Å². The van der Waals surface area contributed by atoms with Gasteiger partial charge in [0.1, 0.15) is 24.8 Å². The van der Waals surface area contributed by atoms with Crippen LogP contribution in [0.25, 0.3) is 0 Å². The second kappa shape index (κ2) is 8.83. The predicted octanol–water partition coefficient (Wildman–Crippen LogP) is 2.61. The van der Waals surface area contributed by atoms with E-state index in [9.17, 15) is 14.3 Å². The molecule has 1 saturated heterocycles. The molecule has 1 fully saturated rings. The average Bonchev–Trinajstić information content (AvgIpc) is 3.14. The molecule has 30 heavy (non-hydrogen) atoms. The second-order valence-electron chi connectivity index (χ2n) is 8.02. The van der Waals surface area contributed by atoms with Crippen molar-refractivity contribution >= 4 is 11.8 Å². The summed E-state index contributed by atoms with van der Waals surface area (Å²) in [4.78, 5) is 20.7. The van der Waals surface area contributed by atoms with E-state index in [1.807, 2.05) is 0 Å². The number of nitrogens with zero attached hydrogens (tertiary/aromatic N) is 3. The van der Waals surface area contributed by atoms with Crippen LogP contribution >= 0.6 is 0 Å². The maximum absolute atomic E-state index is 14.8. The monoisotopic (exact) mass is 419 g/mol. The third-order valence-corrected chi connectivity index (χ3v) is 4.80. The summed E-state index contributed by atoms with van der Waals surface area (Å²) in [5, 5.41) is 18.8. The summed E-state index contributed by atoms with van der Waals surface area (Å²) in [5.74, 6) is -1.58. The molecule has 2 unspecified atom stereocenters. The van der Waals surface area contributed by atoms with E-state index in [1.165, 1.54) is 6.33 Å². The molecule has 0 saturated carbocycles. The zero-order valence-corrected chi connectivity index (χ0v) is 17.2. The largest absolute Gasteiger partial charge is 0.489 e. The molecule has 0 bridgehead atoms. The van der Waals surface area contributed by atoms with Crippen LogP contribution in [0.1, 0.15) is 38.7 Å². The first-order chi connectivity index (χ1) is 14.1. The number of halogens is 1. The predicted molar refractivity (Wildman–Crippen MR) is 108 cm³/mol. The van der Waals surface area contributed by atoms with Crippen molar-refractivity contribution in [2.45, 2.75) is 44.8 Å². The quantitative estimate of drug-likeness (QED) is 0.673. The van der Waals surface area contributed by atoms with Gasteiger partial charge in [0.2, 0.25) is 5.82 Å². The Morgan fingerprint density at radius 2 is 2.03 bits per heavy atom. The van der Waals surface area contributed by atoms with Crippen molar-refractivity contribution < 1.29 is 28.9 Å². The van der Waals surface area contributed by atoms with Crippen LogP contribution in [-0.4, -0.2) is 57.6 Å². The Morgan fingerprint density at radius 3 is 2.67 bits per heavy atom. The first-order valence-corrected chi connectivity index (χ1v) is 9.74. The van der Waals surface area contributed by atoms with E-state index < -0.39 is 23.3 Å². The Labute approximate surface area is 174 Å². The number of carbonyl (C=O) groups is 1. The van der Waals surface area contributed by atoms with Crippen molar-refractivity contribution in [1.82, 2.24) is 9.97 Å². The van der Waals surface area contributed by atoms with Gasteiger partial charge in [0, 0.05) is 13.0 Å². The number of hydrogen-bond acceptors (Lipinski definition) is 7. The fourth-order valence-corrected chi connectivity index (χ4v) is 3.10. The maximum Gasteiger partial charge on any atom is 0.310 e. The SMILES string of the molecule is CC(C(=O)O)c1ccc(OC2CCN(c3ncnc(OCC(C)(C)O)c3F)C2)cc1. The molecule has 2 N–H and O–H groups in total. The number of hydrogen-bond donors (Lipinski definition) is 2. The van der Waals surface area contributed by atoms with Crippen LogP contribution in [0.3, 0.4) is 0 Å². The van der Waals surface area contributed by atoms with Crippen molar-refractivity contribution in [2.24, 2.45) is 0 Å². The summed E-state index contributed by atoms with van der Waals surface area (Å²) in [6, 6.07) is 6.95. The number of benzene rings is 1. The van der Waals surface area contributed by atoms with E-state index in [1.54, 1.807) is 49.9 Å². The Morgan fingerprint density at radius 1 is 1.33 bits per heavy atom. The summed E-state index contributed by atoms with van der Waals surface area (Å²) >= 11 is 0. The molecule has 1 aromatic carbocycles. The van der Waals surface area contributed by atoms with Gasteiger partial charge in [0.25, 0.3) is 5.88 Å². The minimum absolute atomic E-state index is 0.0946. The van der Waals surface area contributed by atoms with Crippen LogP contribution in [0.2, 0.25) is 0 Å². The van der Waals surface area contributed by atoms with Gasteiger partial charge in [-0.1, -0.05) is 12.1 Å². The number of rotatable bonds is 8. The van der Waals surface area contributed by atoms with Crippen molar-refractivity contribution in [1.29, 1.82) is 0 Å². The van der Waals surface area contributed by atoms with Crippen molar-refractivity contribution in [2.75, 3.05) is 24.6 Å². The lowest BCUT2D eigenvalue weighted by Gasteiger charge is -2.21. The molecule has 0 aliphatic carbocycles. The molecule has 9 heteroatoms. The van der Waals surface area contributed by atoms with Gasteiger partial charge in [-0.2, -0.15) is 9.37 Å². The number of aliphatic carboxylic acids is 1. The normalized spacial score (nSPS) is 17.6. The summed E-state index contributed by atoms with van der Waals surface area (Å²) in [6.45, 7) is 5.64. The molecule has 0 radical (unpaired) electrons. The fourth-order valence-electron chi connectivity index (χ4n) is 3.10. The Kier molecular flexibility index (Phi) is 6.40. The molecule has 2 heterocycles. The molecule has 1 aliphatic heterocycles. The zero-order chi connectivity index (χ0) is 21.9. The Hall–Kier alpha value is -2.94. The van der Waals surface area contributed by atoms with Gasteiger partial charge in [0.05, 0.1) is 18.1 Å². The van der Waals surface area contributed by atoms with E-state index in [0.29, 0.717) is 30.8 Å². The van der Waals surface area contributed by atoms with Gasteiger partial charge < -0.3 is 24.6 Å². The topological polar surface area (TPSA) is 105 Å². The number of carboxylic acids is 1. The van der Waals surface area contributed by atoms with Crippen LogP contribution in [-0.2, 0) is 4.79 Å². The molecule has 0 spiro atoms. The molecule has 162 valence electrons. The molecule has 2 atom stereocenters. The first kappa shape index (κ1) is 21.8. The molecular formula is C21H26FN3O5. The summed E-state index contributed by atoms with van der Waals surface area (Å²) in [7, 11) is 0. The average molecular weight is 419 g/mol. The van der Waals surface area contributed by atoms with E-state index in [4.69, 9.17) is 14.6 Å². The summed E-state index contributed by atoms with van der Waals surface area (Å²) in [6.07, 6.45) is 1.74. The molecule has 1 aliphatic rings. The van der Waals surface area contributed by atoms with Gasteiger partial charge in [-0.25, -0.2) is 4.98 Å². The van der Waals surface area contributed by atoms with Crippen LogP contribution in [0.4, 0.5) is 10.2 Å². The maximum atomic E-state index is 14.8. The molecule has 3 rings (SSSR count). The molecule has 1 aromatic heterocycles. The number of ether oxygens (including phenoxy) is 2. The molecule has 0 amide bonds. The second-order valence-corrected chi connectivity index (χ2v) is 8.02. The number of aromatic nitrogens is 2. The van der Waals surface area contributed by atoms with Gasteiger partial charge in [-0.05, 0) is 38.5 Å². The minimum Gasteiger partial charge on any atom is -0.489 e. The molecular weight excluding hydrogens is 393 g/mol. The highest BCUT2D eigenvalue weighted by Crippen LogP contribution is 2.28. The van der Waals surface area contributed by atoms with Crippen molar-refractivity contribution in [3.8, 4) is 11.6 Å². The fraction of sp³-hybridized carbons (Fsp3) is 0.476. The van der Waals surface area contributed by atoms with E-state index in [0.717, 1.165) is 0 Å². The van der Waals surface area contributed by atoms with Gasteiger partial charge in [-0.15, -0.1) is 0 Å². The van der Waals surface area contributed by atoms with E-state index in [2.05, 4.69) is 9.97 Å². The first-order valence-electron chi connectivity index (χ1n) is 9.74. The highest BCUT2D eigenvalue weighted by molar-refractivity contribution is 5.75. The van der Waals surface area contributed by atoms with Crippen LogP contribution in [0.5, 0.6) is 11.6 Å². The van der Waals surface area contributed by atoms with E-state index >= 15 is 0 Å². The van der Waals surface area contributed by atoms with Crippen LogP contribution in [0.15, 0.2) is 30.6 Å². The third-order valence-electron chi connectivity index (χ3n) is 4.80. The van der Waals surface area contributed by atoms with Crippen molar-refractivity contribution in [3.05, 3.63) is 42.0 Å². The number of anilines is 1. The van der Waals surface area contributed by atoms with Crippen LogP contribution in [0, 0.1) is 5.82 Å². The highest BCUT2D eigenvalue weighted by Gasteiger charge is 2.29. The zero-order valence-electron chi connectivity index (χ0n) is 17.2. The smallest absolute Gasteiger partial charge is 0.310 e. The molecule has 8 nitrogen and oxygen atoms in total. The third kappa shape index (κ3) is 5.35. The summed E-state index contributed by atoms with van der Waals surface area (Å²) in [5.41, 5.74) is -0.411. The van der Waals surface area contributed by atoms with Crippen LogP contribution < -0.4 is 14.4 Å². The highest BCUT2D eigenvalue weighted by atomic mass is 19.1. The minimum atomic E-state index is -1.11. The van der Waals surface area contributed by atoms with Gasteiger partial charge in [-0.3, -0.25) is 4.79 Å². The lowest BCUT2D eigenvalue weighted by atomic mass is 10.0. The Bertz CT molecular complexity index is 885. The number of carboxylic acid groups (broad SMARTS) is 1. The standard InChI is InChI=1S/C21H26FN3O5/c1-13(20(26)27)14-4-6-15(7-5-14)30-16-8-9-25(10-16)18-17(22)19(24-12-23-18)29-11-21(2,3)28/h4-7,12-13,16,28H,8-11H2,1-3H3,(H,26,27).